The molecule has 2 rings (SSSR count). The van der Waals surface area contributed by atoms with Gasteiger partial charge in [-0.2, -0.15) is 16.9 Å². The average molecular weight is 356 g/mol. The third kappa shape index (κ3) is 4.08. The zero-order valence-corrected chi connectivity index (χ0v) is 15.5. The summed E-state index contributed by atoms with van der Waals surface area (Å²) in [4.78, 5) is 24.2. The molecule has 0 unspecified atom stereocenters. The van der Waals surface area contributed by atoms with E-state index >= 15 is 0 Å². The molecule has 0 fully saturated rings. The smallest absolute Gasteiger partial charge is 0.314 e. The van der Waals surface area contributed by atoms with Gasteiger partial charge in [0, 0.05) is 31.3 Å². The average Bonchev–Trinajstić information content (AvgIpc) is 3.10. The van der Waals surface area contributed by atoms with Crippen molar-refractivity contribution in [3.8, 4) is 0 Å². The lowest BCUT2D eigenvalue weighted by molar-refractivity contribution is -0.139. The molecule has 2 heterocycles. The first-order valence-electron chi connectivity index (χ1n) is 7.61. The highest BCUT2D eigenvalue weighted by Crippen LogP contribution is 2.37. The molecule has 2 amide bonds. The predicted octanol–water partition coefficient (Wildman–Crippen LogP) is 1.06. The summed E-state index contributed by atoms with van der Waals surface area (Å²) in [5.41, 5.74) is 1.65. The maximum absolute atomic E-state index is 12.2. The fraction of sp³-hybridized carbons (Fsp3) is 0.667. The van der Waals surface area contributed by atoms with Crippen LogP contribution in [-0.4, -0.2) is 48.6 Å². The Labute approximate surface area is 145 Å². The quantitative estimate of drug-likeness (QED) is 0.605. The summed E-state index contributed by atoms with van der Waals surface area (Å²) in [6.45, 7) is 6.09. The number of thioether (sulfide) groups is 1. The van der Waals surface area contributed by atoms with Crippen LogP contribution in [0.5, 0.6) is 0 Å². The number of amides is 2. The Hall–Kier alpha value is -1.58. The van der Waals surface area contributed by atoms with Crippen molar-refractivity contribution in [1.82, 2.24) is 15.1 Å². The minimum atomic E-state index is -0.741. The molecule has 0 bridgehead atoms. The molecule has 1 aliphatic rings. The molecule has 2 N–H and O–H groups in total. The summed E-state index contributed by atoms with van der Waals surface area (Å²) in [5, 5.41) is 9.78. The van der Waals surface area contributed by atoms with E-state index in [4.69, 9.17) is 9.47 Å². The predicted molar refractivity (Wildman–Crippen MR) is 91.7 cm³/mol. The van der Waals surface area contributed by atoms with Crippen LogP contribution in [0.25, 0.3) is 0 Å². The number of nitrogens with zero attached hydrogens (tertiary/aromatic N) is 2. The molecule has 0 radical (unpaired) electrons. The number of carbonyl (C=O) groups excluding carboxylic acids is 2. The van der Waals surface area contributed by atoms with E-state index in [0.717, 1.165) is 22.8 Å². The van der Waals surface area contributed by atoms with E-state index in [-0.39, 0.29) is 12.1 Å². The molecule has 1 aliphatic heterocycles. The molecule has 0 spiro atoms. The molecule has 1 aromatic rings. The van der Waals surface area contributed by atoms with Crippen molar-refractivity contribution in [2.24, 2.45) is 0 Å². The van der Waals surface area contributed by atoms with Gasteiger partial charge in [0.25, 0.3) is 0 Å². The summed E-state index contributed by atoms with van der Waals surface area (Å²) in [7, 11) is 2.92. The number of methoxy groups -OCH3 is 2. The second-order valence-corrected chi connectivity index (χ2v) is 7.40. The zero-order valence-electron chi connectivity index (χ0n) is 14.6. The third-order valence-electron chi connectivity index (χ3n) is 3.58. The monoisotopic (exact) mass is 356 g/mol. The summed E-state index contributed by atoms with van der Waals surface area (Å²) in [6, 6.07) is 0. The van der Waals surface area contributed by atoms with E-state index in [1.807, 2.05) is 20.8 Å². The maximum Gasteiger partial charge on any atom is 0.314 e. The van der Waals surface area contributed by atoms with Crippen molar-refractivity contribution in [1.29, 1.82) is 0 Å². The van der Waals surface area contributed by atoms with Crippen molar-refractivity contribution in [2.75, 3.05) is 26.1 Å². The molecule has 0 saturated carbocycles. The first kappa shape index (κ1) is 18.8. The Morgan fingerprint density at radius 1 is 1.25 bits per heavy atom. The maximum atomic E-state index is 12.2. The topological polar surface area (TPSA) is 94.5 Å². The molecule has 1 aromatic heterocycles. The van der Waals surface area contributed by atoms with Crippen LogP contribution >= 0.6 is 11.8 Å². The van der Waals surface area contributed by atoms with Crippen LogP contribution in [0.15, 0.2) is 0 Å². The number of anilines is 1. The first-order valence-corrected chi connectivity index (χ1v) is 8.77. The number of hydrogen-bond acceptors (Lipinski definition) is 6. The van der Waals surface area contributed by atoms with Gasteiger partial charge in [0.05, 0.1) is 17.8 Å². The fourth-order valence-corrected chi connectivity index (χ4v) is 3.35. The summed E-state index contributed by atoms with van der Waals surface area (Å²) in [6.07, 6.45) is -0.595. The van der Waals surface area contributed by atoms with Gasteiger partial charge in [-0.05, 0) is 20.8 Å². The van der Waals surface area contributed by atoms with Crippen LogP contribution in [0.2, 0.25) is 0 Å². The normalized spacial score (nSPS) is 13.9. The Balaban J connectivity index is 2.10. The molecule has 0 aliphatic carbocycles. The third-order valence-corrected chi connectivity index (χ3v) is 4.55. The van der Waals surface area contributed by atoms with E-state index in [2.05, 4.69) is 15.7 Å². The highest BCUT2D eigenvalue weighted by molar-refractivity contribution is 7.98. The number of aromatic nitrogens is 2. The highest BCUT2D eigenvalue weighted by atomic mass is 32.2. The molecule has 0 saturated heterocycles. The number of hydrogen-bond donors (Lipinski definition) is 2. The first-order chi connectivity index (χ1) is 11.3. The van der Waals surface area contributed by atoms with Crippen LogP contribution in [-0.2, 0) is 36.1 Å². The van der Waals surface area contributed by atoms with Gasteiger partial charge >= 0.3 is 11.8 Å². The van der Waals surface area contributed by atoms with Crippen LogP contribution in [0.3, 0.4) is 0 Å². The highest BCUT2D eigenvalue weighted by Gasteiger charge is 2.30. The molecular weight excluding hydrogens is 332 g/mol. The fourth-order valence-electron chi connectivity index (χ4n) is 2.31. The zero-order chi connectivity index (χ0) is 17.9. The number of carbonyl (C=O) groups is 2. The second kappa shape index (κ2) is 7.54. The van der Waals surface area contributed by atoms with E-state index in [9.17, 15) is 9.59 Å². The standard InChI is InChI=1S/C15H24N4O4S/c1-15(2,3)19-12(9-7-24-8-10(9)18-19)17-14(21)13(20)16-6-11(22-4)23-5/h11H,6-8H2,1-5H3,(H,16,20)(H,17,21). The Morgan fingerprint density at radius 3 is 2.50 bits per heavy atom. The van der Waals surface area contributed by atoms with Crippen molar-refractivity contribution in [2.45, 2.75) is 44.1 Å². The lowest BCUT2D eigenvalue weighted by atomic mass is 10.1. The van der Waals surface area contributed by atoms with Gasteiger partial charge in [-0.3, -0.25) is 9.59 Å². The van der Waals surface area contributed by atoms with Gasteiger partial charge in [-0.1, -0.05) is 0 Å². The van der Waals surface area contributed by atoms with Gasteiger partial charge in [0.2, 0.25) is 0 Å². The largest absolute Gasteiger partial charge is 0.354 e. The molecule has 9 heteroatoms. The molecule has 0 aromatic carbocycles. The van der Waals surface area contributed by atoms with Gasteiger partial charge in [-0.25, -0.2) is 4.68 Å². The van der Waals surface area contributed by atoms with E-state index in [0.29, 0.717) is 5.82 Å². The Kier molecular flexibility index (Phi) is 5.89. The number of ether oxygens (including phenoxy) is 2. The van der Waals surface area contributed by atoms with E-state index in [1.54, 1.807) is 16.4 Å². The Bertz CT molecular complexity index is 620. The van der Waals surface area contributed by atoms with Gasteiger partial charge in [0.15, 0.2) is 6.29 Å². The van der Waals surface area contributed by atoms with Crippen molar-refractivity contribution >= 4 is 29.4 Å². The van der Waals surface area contributed by atoms with Gasteiger partial charge in [-0.15, -0.1) is 0 Å². The summed E-state index contributed by atoms with van der Waals surface area (Å²) >= 11 is 1.74. The van der Waals surface area contributed by atoms with Gasteiger partial charge < -0.3 is 20.1 Å². The van der Waals surface area contributed by atoms with Crippen LogP contribution in [0.4, 0.5) is 5.82 Å². The summed E-state index contributed by atoms with van der Waals surface area (Å²) in [5.74, 6) is 0.716. The number of fused-ring (bicyclic) bond motifs is 1. The SMILES string of the molecule is COC(CNC(=O)C(=O)Nc1c2c(nn1C(C)(C)C)CSC2)OC. The van der Waals surface area contributed by atoms with Crippen LogP contribution in [0, 0.1) is 0 Å². The molecule has 24 heavy (non-hydrogen) atoms. The van der Waals surface area contributed by atoms with Crippen LogP contribution < -0.4 is 10.6 Å². The van der Waals surface area contributed by atoms with Crippen LogP contribution in [0.1, 0.15) is 32.0 Å². The molecule has 0 atom stereocenters. The van der Waals surface area contributed by atoms with E-state index in [1.165, 1.54) is 14.2 Å². The number of rotatable bonds is 5. The lowest BCUT2D eigenvalue weighted by Crippen LogP contribution is -2.41. The molecule has 134 valence electrons. The van der Waals surface area contributed by atoms with Crippen molar-refractivity contribution in [3.05, 3.63) is 11.3 Å². The summed E-state index contributed by atoms with van der Waals surface area (Å²) < 4.78 is 11.7. The number of nitrogens with one attached hydrogen (secondary N) is 2. The second-order valence-electron chi connectivity index (χ2n) is 6.41. The Morgan fingerprint density at radius 2 is 1.92 bits per heavy atom. The van der Waals surface area contributed by atoms with E-state index < -0.39 is 18.1 Å². The molecular formula is C15H24N4O4S. The minimum Gasteiger partial charge on any atom is -0.354 e. The lowest BCUT2D eigenvalue weighted by Gasteiger charge is -2.23. The minimum absolute atomic E-state index is 0.0890. The molecule has 8 nitrogen and oxygen atoms in total. The van der Waals surface area contributed by atoms with Crippen molar-refractivity contribution in [3.63, 3.8) is 0 Å². The van der Waals surface area contributed by atoms with Crippen molar-refractivity contribution < 1.29 is 19.1 Å². The van der Waals surface area contributed by atoms with Gasteiger partial charge in [0.1, 0.15) is 5.82 Å².